The molecule has 0 bridgehead atoms. The van der Waals surface area contributed by atoms with Gasteiger partial charge in [-0.05, 0) is 38.5 Å². The molecule has 0 rings (SSSR count). The molecule has 0 amide bonds. The van der Waals surface area contributed by atoms with E-state index in [4.69, 9.17) is 11.6 Å². The van der Waals surface area contributed by atoms with Crippen LogP contribution in [0.25, 0.3) is 0 Å². The van der Waals surface area contributed by atoms with Crippen molar-refractivity contribution in [1.29, 1.82) is 0 Å². The van der Waals surface area contributed by atoms with Crippen molar-refractivity contribution in [3.63, 3.8) is 0 Å². The first-order chi connectivity index (χ1) is 7.83. The number of unbranched alkanes of at least 4 members (excludes halogenated alkanes) is 1. The first-order valence-electron chi connectivity index (χ1n) is 6.61. The van der Waals surface area contributed by atoms with Crippen LogP contribution in [0.15, 0.2) is 0 Å². The standard InChI is InChI=1S/C13H27ClO2S/c1-5-7-8-13(6-2,11-14)9-10-17(15,16)12(3)4/h12H,5-11H2,1-4H3. The normalized spacial score (nSPS) is 16.1. The lowest BCUT2D eigenvalue weighted by Gasteiger charge is -2.31. The first-order valence-corrected chi connectivity index (χ1v) is 8.86. The maximum atomic E-state index is 11.8. The van der Waals surface area contributed by atoms with Crippen LogP contribution in [-0.4, -0.2) is 25.3 Å². The van der Waals surface area contributed by atoms with Crippen molar-refractivity contribution >= 4 is 21.4 Å². The molecular formula is C13H27ClO2S. The maximum Gasteiger partial charge on any atom is 0.152 e. The van der Waals surface area contributed by atoms with Gasteiger partial charge < -0.3 is 0 Å². The number of rotatable bonds is 9. The molecule has 0 aliphatic rings. The molecule has 0 saturated carbocycles. The molecule has 0 spiro atoms. The number of sulfone groups is 1. The number of hydrogen-bond donors (Lipinski definition) is 0. The summed E-state index contributed by atoms with van der Waals surface area (Å²) in [4.78, 5) is 0. The van der Waals surface area contributed by atoms with Crippen LogP contribution in [-0.2, 0) is 9.84 Å². The van der Waals surface area contributed by atoms with Crippen LogP contribution in [0.1, 0.15) is 59.8 Å². The molecule has 0 N–H and O–H groups in total. The van der Waals surface area contributed by atoms with Crippen LogP contribution >= 0.6 is 11.6 Å². The van der Waals surface area contributed by atoms with E-state index in [1.54, 1.807) is 13.8 Å². The van der Waals surface area contributed by atoms with E-state index in [9.17, 15) is 8.42 Å². The van der Waals surface area contributed by atoms with Gasteiger partial charge in [-0.3, -0.25) is 0 Å². The molecule has 0 aromatic heterocycles. The van der Waals surface area contributed by atoms with E-state index in [1.807, 2.05) is 0 Å². The van der Waals surface area contributed by atoms with Crippen molar-refractivity contribution < 1.29 is 8.42 Å². The summed E-state index contributed by atoms with van der Waals surface area (Å²) in [5, 5.41) is -0.279. The summed E-state index contributed by atoms with van der Waals surface area (Å²) in [6, 6.07) is 0. The zero-order valence-electron chi connectivity index (χ0n) is 11.6. The van der Waals surface area contributed by atoms with Crippen molar-refractivity contribution in [1.82, 2.24) is 0 Å². The van der Waals surface area contributed by atoms with E-state index in [1.165, 1.54) is 0 Å². The highest BCUT2D eigenvalue weighted by atomic mass is 35.5. The molecule has 0 fully saturated rings. The molecule has 1 unspecified atom stereocenters. The Morgan fingerprint density at radius 3 is 2.12 bits per heavy atom. The number of halogens is 1. The molecule has 4 heteroatoms. The summed E-state index contributed by atoms with van der Waals surface area (Å²) in [6.45, 7) is 7.75. The SMILES string of the molecule is CCCCC(CC)(CCl)CCS(=O)(=O)C(C)C. The third kappa shape index (κ3) is 5.60. The molecule has 0 radical (unpaired) electrons. The molecule has 2 nitrogen and oxygen atoms in total. The fraction of sp³-hybridized carbons (Fsp3) is 1.00. The van der Waals surface area contributed by atoms with Crippen molar-refractivity contribution in [3.8, 4) is 0 Å². The van der Waals surface area contributed by atoms with Crippen molar-refractivity contribution in [2.45, 2.75) is 65.0 Å². The third-order valence-corrected chi connectivity index (χ3v) is 6.51. The third-order valence-electron chi connectivity index (χ3n) is 3.73. The molecule has 1 atom stereocenters. The molecule has 0 heterocycles. The van der Waals surface area contributed by atoms with Gasteiger partial charge in [0.15, 0.2) is 9.84 Å². The second-order valence-electron chi connectivity index (χ2n) is 5.26. The van der Waals surface area contributed by atoms with Gasteiger partial charge in [0.05, 0.1) is 11.0 Å². The van der Waals surface area contributed by atoms with Crippen LogP contribution in [0.2, 0.25) is 0 Å². The van der Waals surface area contributed by atoms with Gasteiger partial charge in [-0.1, -0.05) is 26.7 Å². The Hall–Kier alpha value is 0.240. The Balaban J connectivity index is 4.56. The molecular weight excluding hydrogens is 256 g/mol. The largest absolute Gasteiger partial charge is 0.229 e. The van der Waals surface area contributed by atoms with Gasteiger partial charge in [0.1, 0.15) is 0 Å². The van der Waals surface area contributed by atoms with Crippen LogP contribution < -0.4 is 0 Å². The molecule has 0 saturated heterocycles. The summed E-state index contributed by atoms with van der Waals surface area (Å²) >= 11 is 6.07. The van der Waals surface area contributed by atoms with Crippen molar-refractivity contribution in [2.75, 3.05) is 11.6 Å². The molecule has 0 aromatic rings. The predicted molar refractivity (Wildman–Crippen MR) is 76.5 cm³/mol. The average molecular weight is 283 g/mol. The molecule has 17 heavy (non-hydrogen) atoms. The summed E-state index contributed by atoms with van der Waals surface area (Å²) in [7, 11) is -2.94. The smallest absolute Gasteiger partial charge is 0.152 e. The summed E-state index contributed by atoms with van der Waals surface area (Å²) < 4.78 is 23.7. The summed E-state index contributed by atoms with van der Waals surface area (Å²) in [6.07, 6.45) is 4.96. The Labute approximate surface area is 112 Å². The van der Waals surface area contributed by atoms with Crippen molar-refractivity contribution in [2.24, 2.45) is 5.41 Å². The molecule has 104 valence electrons. The van der Waals surface area contributed by atoms with Gasteiger partial charge in [0.2, 0.25) is 0 Å². The Bertz CT molecular complexity index is 293. The average Bonchev–Trinajstić information content (AvgIpc) is 2.30. The fourth-order valence-corrected chi connectivity index (χ4v) is 3.50. The lowest BCUT2D eigenvalue weighted by Crippen LogP contribution is -2.28. The van der Waals surface area contributed by atoms with Gasteiger partial charge in [-0.2, -0.15) is 0 Å². The fourth-order valence-electron chi connectivity index (χ4n) is 1.85. The van der Waals surface area contributed by atoms with Crippen LogP contribution in [0, 0.1) is 5.41 Å². The van der Waals surface area contributed by atoms with E-state index in [2.05, 4.69) is 13.8 Å². The number of alkyl halides is 1. The Morgan fingerprint density at radius 2 is 1.76 bits per heavy atom. The zero-order chi connectivity index (χ0) is 13.5. The van der Waals surface area contributed by atoms with E-state index in [-0.39, 0.29) is 16.4 Å². The zero-order valence-corrected chi connectivity index (χ0v) is 13.2. The van der Waals surface area contributed by atoms with Gasteiger partial charge in [0, 0.05) is 5.88 Å². The molecule has 0 aromatic carbocycles. The maximum absolute atomic E-state index is 11.8. The minimum Gasteiger partial charge on any atom is -0.229 e. The van der Waals surface area contributed by atoms with Crippen LogP contribution in [0.3, 0.4) is 0 Å². The van der Waals surface area contributed by atoms with Crippen LogP contribution in [0.4, 0.5) is 0 Å². The Kier molecular flexibility index (Phi) is 7.73. The van der Waals surface area contributed by atoms with E-state index in [0.717, 1.165) is 25.7 Å². The van der Waals surface area contributed by atoms with E-state index in [0.29, 0.717) is 12.3 Å². The van der Waals surface area contributed by atoms with E-state index >= 15 is 0 Å². The minimum atomic E-state index is -2.94. The highest BCUT2D eigenvalue weighted by molar-refractivity contribution is 7.91. The number of hydrogen-bond acceptors (Lipinski definition) is 2. The highest BCUT2D eigenvalue weighted by Gasteiger charge is 2.29. The summed E-state index contributed by atoms with van der Waals surface area (Å²) in [5.74, 6) is 0.839. The van der Waals surface area contributed by atoms with Crippen LogP contribution in [0.5, 0.6) is 0 Å². The monoisotopic (exact) mass is 282 g/mol. The predicted octanol–water partition coefficient (Wildman–Crippen LogP) is 4.03. The van der Waals surface area contributed by atoms with Crippen molar-refractivity contribution in [3.05, 3.63) is 0 Å². The summed E-state index contributed by atoms with van der Waals surface area (Å²) in [5.41, 5.74) is 0.0134. The quantitative estimate of drug-likeness (QED) is 0.599. The molecule has 0 aliphatic carbocycles. The Morgan fingerprint density at radius 1 is 1.18 bits per heavy atom. The lowest BCUT2D eigenvalue weighted by atomic mass is 9.80. The lowest BCUT2D eigenvalue weighted by molar-refractivity contribution is 0.271. The minimum absolute atomic E-state index is 0.0134. The second-order valence-corrected chi connectivity index (χ2v) is 8.20. The van der Waals surface area contributed by atoms with Gasteiger partial charge >= 0.3 is 0 Å². The first kappa shape index (κ1) is 17.2. The van der Waals surface area contributed by atoms with Gasteiger partial charge in [0.25, 0.3) is 0 Å². The highest BCUT2D eigenvalue weighted by Crippen LogP contribution is 2.35. The molecule has 0 aliphatic heterocycles. The van der Waals surface area contributed by atoms with Gasteiger partial charge in [-0.25, -0.2) is 8.42 Å². The second kappa shape index (κ2) is 7.63. The van der Waals surface area contributed by atoms with E-state index < -0.39 is 9.84 Å². The van der Waals surface area contributed by atoms with Gasteiger partial charge in [-0.15, -0.1) is 11.6 Å². The topological polar surface area (TPSA) is 34.1 Å².